The molecular formula is C25H26N6O2. The molecule has 0 saturated carbocycles. The fraction of sp³-hybridized carbons (Fsp3) is 0.280. The Hall–Kier alpha value is -3.94. The molecular weight excluding hydrogens is 416 g/mol. The highest BCUT2D eigenvalue weighted by molar-refractivity contribution is 5.81. The maximum atomic E-state index is 13.2. The Kier molecular flexibility index (Phi) is 5.42. The smallest absolute Gasteiger partial charge is 0.277 e. The Labute approximate surface area is 191 Å². The van der Waals surface area contributed by atoms with Gasteiger partial charge < -0.3 is 15.0 Å². The zero-order chi connectivity index (χ0) is 22.9. The average Bonchev–Trinajstić information content (AvgIpc) is 3.43. The van der Waals surface area contributed by atoms with E-state index in [1.165, 1.54) is 15.7 Å². The number of carbonyl (C=O) groups excluding carboxylic acids is 1. The van der Waals surface area contributed by atoms with E-state index in [-0.39, 0.29) is 11.5 Å². The summed E-state index contributed by atoms with van der Waals surface area (Å²) in [7, 11) is 0. The minimum atomic E-state index is -0.556. The van der Waals surface area contributed by atoms with E-state index in [0.29, 0.717) is 37.4 Å². The number of rotatable bonds is 6. The fourth-order valence-corrected chi connectivity index (χ4v) is 4.52. The standard InChI is InChI=1S/C25H26N6O2/c1-16-7-17(2)9-19(8-16)11-27-21-13-28-23-6-5-22(31(23)25(21)33)24(32)29-10-18-3-4-20-12-26-15-30(20)14-18/h3-4,7-9,12-15,22,27H,5-6,10-11H2,1-2H3,(H,29,32)/t22-/m0/s1. The number of amides is 1. The monoisotopic (exact) mass is 442 g/mol. The van der Waals surface area contributed by atoms with E-state index in [1.54, 1.807) is 18.7 Å². The largest absolute Gasteiger partial charge is 0.375 e. The number of imidazole rings is 1. The van der Waals surface area contributed by atoms with Crippen LogP contribution in [0.25, 0.3) is 5.52 Å². The van der Waals surface area contributed by atoms with Crippen LogP contribution in [-0.2, 0) is 24.3 Å². The van der Waals surface area contributed by atoms with E-state index < -0.39 is 6.04 Å². The van der Waals surface area contributed by atoms with Gasteiger partial charge in [0.05, 0.1) is 24.2 Å². The third kappa shape index (κ3) is 4.24. The zero-order valence-corrected chi connectivity index (χ0v) is 18.7. The van der Waals surface area contributed by atoms with Gasteiger partial charge in [0.1, 0.15) is 17.6 Å². The lowest BCUT2D eigenvalue weighted by atomic mass is 10.1. The molecule has 8 nitrogen and oxygen atoms in total. The van der Waals surface area contributed by atoms with Crippen LogP contribution in [0.1, 0.15) is 40.5 Å². The van der Waals surface area contributed by atoms with Crippen molar-refractivity contribution in [3.63, 3.8) is 0 Å². The number of nitrogens with zero attached hydrogens (tertiary/aromatic N) is 4. The second-order valence-electron chi connectivity index (χ2n) is 8.65. The van der Waals surface area contributed by atoms with Crippen LogP contribution in [0.2, 0.25) is 0 Å². The molecule has 4 heterocycles. The van der Waals surface area contributed by atoms with Gasteiger partial charge in [0, 0.05) is 25.7 Å². The van der Waals surface area contributed by atoms with Crippen molar-refractivity contribution in [3.8, 4) is 0 Å². The number of aryl methyl sites for hydroxylation is 3. The summed E-state index contributed by atoms with van der Waals surface area (Å²) in [6, 6.07) is 9.67. The van der Waals surface area contributed by atoms with E-state index in [9.17, 15) is 9.59 Å². The molecule has 168 valence electrons. The molecule has 0 saturated heterocycles. The Morgan fingerprint density at radius 3 is 2.73 bits per heavy atom. The third-order valence-corrected chi connectivity index (χ3v) is 6.03. The summed E-state index contributed by atoms with van der Waals surface area (Å²) in [6.07, 6.45) is 8.20. The lowest BCUT2D eigenvalue weighted by Crippen LogP contribution is -2.36. The number of fused-ring (bicyclic) bond motifs is 2. The van der Waals surface area contributed by atoms with Gasteiger partial charge in [-0.2, -0.15) is 0 Å². The third-order valence-electron chi connectivity index (χ3n) is 6.03. The minimum absolute atomic E-state index is 0.171. The fourth-order valence-electron chi connectivity index (χ4n) is 4.52. The molecule has 8 heteroatoms. The highest BCUT2D eigenvalue weighted by atomic mass is 16.2. The van der Waals surface area contributed by atoms with Crippen LogP contribution in [0, 0.1) is 13.8 Å². The second-order valence-corrected chi connectivity index (χ2v) is 8.65. The van der Waals surface area contributed by atoms with Crippen LogP contribution in [0.5, 0.6) is 0 Å². The van der Waals surface area contributed by atoms with Crippen molar-refractivity contribution in [2.45, 2.75) is 45.8 Å². The molecule has 1 atom stereocenters. The number of nitrogens with one attached hydrogen (secondary N) is 2. The van der Waals surface area contributed by atoms with Crippen molar-refractivity contribution in [1.29, 1.82) is 0 Å². The van der Waals surface area contributed by atoms with Crippen LogP contribution >= 0.6 is 0 Å². The highest BCUT2D eigenvalue weighted by Gasteiger charge is 2.31. The number of aromatic nitrogens is 4. The number of anilines is 1. The first kappa shape index (κ1) is 20.9. The predicted octanol–water partition coefficient (Wildman–Crippen LogP) is 2.92. The van der Waals surface area contributed by atoms with Crippen LogP contribution < -0.4 is 16.2 Å². The van der Waals surface area contributed by atoms with E-state index in [2.05, 4.69) is 52.6 Å². The molecule has 5 rings (SSSR count). The van der Waals surface area contributed by atoms with Crippen molar-refractivity contribution >= 4 is 17.1 Å². The van der Waals surface area contributed by atoms with Crippen LogP contribution in [0.4, 0.5) is 5.69 Å². The van der Waals surface area contributed by atoms with Crippen molar-refractivity contribution in [3.05, 3.63) is 93.7 Å². The van der Waals surface area contributed by atoms with Crippen molar-refractivity contribution in [1.82, 2.24) is 24.3 Å². The van der Waals surface area contributed by atoms with Gasteiger partial charge in [0.2, 0.25) is 5.91 Å². The minimum Gasteiger partial charge on any atom is -0.375 e. The molecule has 4 aromatic rings. The molecule has 0 aliphatic carbocycles. The molecule has 0 spiro atoms. The summed E-state index contributed by atoms with van der Waals surface area (Å²) in [5.41, 5.74) is 5.61. The topological polar surface area (TPSA) is 93.3 Å². The summed E-state index contributed by atoms with van der Waals surface area (Å²) in [5, 5.41) is 6.18. The van der Waals surface area contributed by atoms with E-state index in [1.807, 2.05) is 22.7 Å². The summed E-state index contributed by atoms with van der Waals surface area (Å²) in [5.74, 6) is 0.478. The van der Waals surface area contributed by atoms with Gasteiger partial charge in [-0.25, -0.2) is 9.97 Å². The van der Waals surface area contributed by atoms with E-state index >= 15 is 0 Å². The normalized spacial score (nSPS) is 14.9. The first-order valence-corrected chi connectivity index (χ1v) is 11.1. The molecule has 1 amide bonds. The van der Waals surface area contributed by atoms with Gasteiger partial charge in [-0.05, 0) is 37.5 Å². The lowest BCUT2D eigenvalue weighted by molar-refractivity contribution is -0.124. The molecule has 0 radical (unpaired) electrons. The Morgan fingerprint density at radius 1 is 1.09 bits per heavy atom. The van der Waals surface area contributed by atoms with Gasteiger partial charge >= 0.3 is 0 Å². The molecule has 1 aliphatic heterocycles. The van der Waals surface area contributed by atoms with Crippen LogP contribution in [0.3, 0.4) is 0 Å². The first-order valence-electron chi connectivity index (χ1n) is 11.1. The van der Waals surface area contributed by atoms with Gasteiger partial charge in [-0.15, -0.1) is 0 Å². The molecule has 1 aromatic carbocycles. The maximum Gasteiger partial charge on any atom is 0.277 e. The average molecular weight is 443 g/mol. The van der Waals surface area contributed by atoms with Gasteiger partial charge in [0.25, 0.3) is 5.56 Å². The molecule has 0 unspecified atom stereocenters. The SMILES string of the molecule is Cc1cc(C)cc(CNc2cnc3n(c2=O)[C@H](C(=O)NCc2ccc4cncn4c2)CC3)c1. The lowest BCUT2D eigenvalue weighted by Gasteiger charge is -2.16. The van der Waals surface area contributed by atoms with Crippen molar-refractivity contribution < 1.29 is 4.79 Å². The number of benzene rings is 1. The van der Waals surface area contributed by atoms with Crippen LogP contribution in [0.15, 0.2) is 60.0 Å². The predicted molar refractivity (Wildman–Crippen MR) is 126 cm³/mol. The number of hydrogen-bond donors (Lipinski definition) is 2. The Morgan fingerprint density at radius 2 is 1.91 bits per heavy atom. The number of hydrogen-bond acceptors (Lipinski definition) is 5. The quantitative estimate of drug-likeness (QED) is 0.479. The molecule has 0 bridgehead atoms. The number of pyridine rings is 1. The summed E-state index contributed by atoms with van der Waals surface area (Å²) >= 11 is 0. The molecule has 2 N–H and O–H groups in total. The van der Waals surface area contributed by atoms with Crippen LogP contribution in [-0.4, -0.2) is 24.8 Å². The molecule has 33 heavy (non-hydrogen) atoms. The Balaban J connectivity index is 1.30. The Bertz CT molecular complexity index is 1380. The van der Waals surface area contributed by atoms with Gasteiger partial charge in [-0.1, -0.05) is 35.4 Å². The molecule has 0 fully saturated rings. The van der Waals surface area contributed by atoms with E-state index in [0.717, 1.165) is 16.6 Å². The highest BCUT2D eigenvalue weighted by Crippen LogP contribution is 2.23. The zero-order valence-electron chi connectivity index (χ0n) is 18.7. The molecule has 1 aliphatic rings. The number of carbonyl (C=O) groups is 1. The van der Waals surface area contributed by atoms with E-state index in [4.69, 9.17) is 0 Å². The van der Waals surface area contributed by atoms with Crippen molar-refractivity contribution in [2.75, 3.05) is 5.32 Å². The van der Waals surface area contributed by atoms with Crippen molar-refractivity contribution in [2.24, 2.45) is 0 Å². The molecule has 3 aromatic heterocycles. The van der Waals surface area contributed by atoms with Gasteiger partial charge in [-0.3, -0.25) is 14.2 Å². The first-order chi connectivity index (χ1) is 16.0. The summed E-state index contributed by atoms with van der Waals surface area (Å²) in [6.45, 7) is 5.01. The second kappa shape index (κ2) is 8.54. The summed E-state index contributed by atoms with van der Waals surface area (Å²) in [4.78, 5) is 34.7. The summed E-state index contributed by atoms with van der Waals surface area (Å²) < 4.78 is 3.45. The maximum absolute atomic E-state index is 13.2. The van der Waals surface area contributed by atoms with Gasteiger partial charge in [0.15, 0.2) is 0 Å².